The van der Waals surface area contributed by atoms with Gasteiger partial charge >= 0.3 is 0 Å². The number of rotatable bonds is 11. The van der Waals surface area contributed by atoms with Gasteiger partial charge in [-0.15, -0.1) is 0 Å². The summed E-state index contributed by atoms with van der Waals surface area (Å²) < 4.78 is 38.0. The normalized spacial score (nSPS) is 10.5. The second-order valence-electron chi connectivity index (χ2n) is 12.9. The second-order valence-corrected chi connectivity index (χ2v) is 14.4. The molecule has 0 unspecified atom stereocenters. The van der Waals surface area contributed by atoms with E-state index in [1.807, 2.05) is 160 Å². The Kier molecular flexibility index (Phi) is 14.4. The highest BCUT2D eigenvalue weighted by molar-refractivity contribution is 7.85. The van der Waals surface area contributed by atoms with Gasteiger partial charge in [0.05, 0.1) is 6.26 Å². The molecule has 0 fully saturated rings. The molecule has 7 aromatic rings. The summed E-state index contributed by atoms with van der Waals surface area (Å²) in [7, 11) is -3.67. The molecular formula is C49H44O7S. The highest BCUT2D eigenvalue weighted by atomic mass is 32.2. The van der Waals surface area contributed by atoms with E-state index in [0.717, 1.165) is 23.1 Å². The first-order chi connectivity index (χ1) is 27.5. The number of ketones is 2. The van der Waals surface area contributed by atoms with Crippen LogP contribution >= 0.6 is 0 Å². The third-order valence-electron chi connectivity index (χ3n) is 8.53. The van der Waals surface area contributed by atoms with Gasteiger partial charge in [0.25, 0.3) is 10.1 Å². The number of carbonyl (C=O) groups is 2. The van der Waals surface area contributed by atoms with Crippen LogP contribution in [0.4, 0.5) is 0 Å². The monoisotopic (exact) mass is 776 g/mol. The molecule has 0 aliphatic rings. The lowest BCUT2D eigenvalue weighted by Crippen LogP contribution is -2.01. The molecular weight excluding hydrogens is 733 g/mol. The van der Waals surface area contributed by atoms with Crippen molar-refractivity contribution in [3.63, 3.8) is 0 Å². The first kappa shape index (κ1) is 41.6. The summed E-state index contributed by atoms with van der Waals surface area (Å²) in [6, 6.07) is 55.8. The maximum atomic E-state index is 13.1. The molecule has 1 N–H and O–H groups in total. The molecule has 7 rings (SSSR count). The van der Waals surface area contributed by atoms with E-state index in [1.165, 1.54) is 11.1 Å². The maximum absolute atomic E-state index is 13.1. The Balaban J connectivity index is 0.000000823. The van der Waals surface area contributed by atoms with Crippen LogP contribution in [0.25, 0.3) is 11.1 Å². The Hall–Kier alpha value is -6.61. The van der Waals surface area contributed by atoms with E-state index in [0.29, 0.717) is 51.5 Å². The molecule has 7 nitrogen and oxygen atoms in total. The third kappa shape index (κ3) is 12.7. The molecule has 7 aromatic carbocycles. The van der Waals surface area contributed by atoms with Gasteiger partial charge < -0.3 is 9.47 Å². The molecule has 0 saturated carbocycles. The maximum Gasteiger partial charge on any atom is 0.261 e. The van der Waals surface area contributed by atoms with Crippen LogP contribution in [0.3, 0.4) is 0 Å². The van der Waals surface area contributed by atoms with E-state index in [2.05, 4.69) is 12.1 Å². The quantitative estimate of drug-likeness (QED) is 0.103. The number of ether oxygens (including phenoxy) is 2. The average Bonchev–Trinajstić information content (AvgIpc) is 3.23. The fraction of sp³-hybridized carbons (Fsp3) is 0.102. The van der Waals surface area contributed by atoms with Gasteiger partial charge in [0, 0.05) is 22.3 Å². The van der Waals surface area contributed by atoms with Crippen molar-refractivity contribution in [3.05, 3.63) is 215 Å². The van der Waals surface area contributed by atoms with Crippen molar-refractivity contribution in [2.24, 2.45) is 0 Å². The Morgan fingerprint density at radius 1 is 0.456 bits per heavy atom. The van der Waals surface area contributed by atoms with Crippen molar-refractivity contribution < 1.29 is 32.0 Å². The van der Waals surface area contributed by atoms with Gasteiger partial charge in [-0.05, 0) is 108 Å². The minimum Gasteiger partial charge on any atom is -0.457 e. The molecule has 0 saturated heterocycles. The summed E-state index contributed by atoms with van der Waals surface area (Å²) >= 11 is 0. The van der Waals surface area contributed by atoms with Gasteiger partial charge in [-0.25, -0.2) is 0 Å². The summed E-state index contributed by atoms with van der Waals surface area (Å²) in [5, 5.41) is 0. The summed E-state index contributed by atoms with van der Waals surface area (Å²) in [4.78, 5) is 25.9. The minimum absolute atomic E-state index is 0.0147. The summed E-state index contributed by atoms with van der Waals surface area (Å²) in [5.74, 6) is 2.68. The summed E-state index contributed by atoms with van der Waals surface area (Å²) in [6.07, 6.45) is 1.55. The van der Waals surface area contributed by atoms with Gasteiger partial charge in [0.15, 0.2) is 11.6 Å². The van der Waals surface area contributed by atoms with Gasteiger partial charge in [-0.3, -0.25) is 14.1 Å². The van der Waals surface area contributed by atoms with Gasteiger partial charge in [-0.2, -0.15) is 8.42 Å². The summed E-state index contributed by atoms with van der Waals surface area (Å²) in [6.45, 7) is 6.00. The van der Waals surface area contributed by atoms with Crippen LogP contribution in [-0.4, -0.2) is 30.8 Å². The average molecular weight is 777 g/mol. The fourth-order valence-corrected chi connectivity index (χ4v) is 5.70. The smallest absolute Gasteiger partial charge is 0.261 e. The van der Waals surface area contributed by atoms with Crippen LogP contribution in [0.1, 0.15) is 62.4 Å². The number of hydrogen-bond acceptors (Lipinski definition) is 6. The number of aryl methyl sites for hydroxylation is 1. The van der Waals surface area contributed by atoms with E-state index < -0.39 is 10.1 Å². The third-order valence-corrected chi connectivity index (χ3v) is 8.53. The van der Waals surface area contributed by atoms with E-state index in [4.69, 9.17) is 14.0 Å². The van der Waals surface area contributed by atoms with Crippen molar-refractivity contribution >= 4 is 21.7 Å². The molecule has 8 heteroatoms. The molecule has 288 valence electrons. The lowest BCUT2D eigenvalue weighted by atomic mass is 9.99. The van der Waals surface area contributed by atoms with Crippen molar-refractivity contribution in [1.82, 2.24) is 0 Å². The Labute approximate surface area is 335 Å². The molecule has 0 atom stereocenters. The zero-order valence-corrected chi connectivity index (χ0v) is 33.1. The van der Waals surface area contributed by atoms with Gasteiger partial charge in [0.1, 0.15) is 23.0 Å². The molecule has 0 bridgehead atoms. The molecule has 0 amide bonds. The topological polar surface area (TPSA) is 107 Å². The van der Waals surface area contributed by atoms with Crippen molar-refractivity contribution in [1.29, 1.82) is 0 Å². The van der Waals surface area contributed by atoms with E-state index in [9.17, 15) is 18.0 Å². The zero-order chi connectivity index (χ0) is 40.8. The standard InChI is InChI=1S/C46H34O4.C2H6.CH4O3S/c1-32-7-11-37(12-8-32)45(47)39-19-27-43(28-20-39)49-41-23-15-35(16-24-41)36-17-25-42(26-18-36)50-44-29-21-40(22-30-44)46(48)38-13-9-34(10-14-38)31-33-5-3-2-4-6-33;1-2;1-5(2,3)4/h2-30H,31H2,1H3;1-2H3;1H3,(H,2,3,4). The molecule has 0 aliphatic carbocycles. The SMILES string of the molecule is CC.CS(=O)(=O)O.Cc1ccc(C(=O)c2ccc(Oc3ccc(-c4ccc(Oc5ccc(C(=O)c6ccc(Cc7ccccc7)cc6)cc5)cc4)cc3)cc2)cc1. The minimum atomic E-state index is -3.67. The first-order valence-electron chi connectivity index (χ1n) is 18.4. The Morgan fingerprint density at radius 2 is 0.737 bits per heavy atom. The van der Waals surface area contributed by atoms with Crippen LogP contribution in [-0.2, 0) is 16.5 Å². The second kappa shape index (κ2) is 19.8. The Morgan fingerprint density at radius 3 is 1.09 bits per heavy atom. The van der Waals surface area contributed by atoms with Crippen LogP contribution < -0.4 is 9.47 Å². The molecule has 57 heavy (non-hydrogen) atoms. The van der Waals surface area contributed by atoms with Crippen LogP contribution in [0.2, 0.25) is 0 Å². The Bertz CT molecular complexity index is 2450. The molecule has 0 heterocycles. The van der Waals surface area contributed by atoms with Crippen LogP contribution in [0.15, 0.2) is 176 Å². The van der Waals surface area contributed by atoms with Crippen molar-refractivity contribution in [2.75, 3.05) is 6.26 Å². The first-order valence-corrected chi connectivity index (χ1v) is 20.3. The lowest BCUT2D eigenvalue weighted by Gasteiger charge is -2.10. The molecule has 0 spiro atoms. The number of hydrogen-bond donors (Lipinski definition) is 1. The molecule has 0 aromatic heterocycles. The van der Waals surface area contributed by atoms with E-state index in [-0.39, 0.29) is 11.6 Å². The molecule has 0 aliphatic heterocycles. The summed E-state index contributed by atoms with van der Waals surface area (Å²) in [5.41, 5.74) is 8.16. The largest absolute Gasteiger partial charge is 0.457 e. The number of carbonyl (C=O) groups excluding carboxylic acids is 2. The number of benzene rings is 7. The van der Waals surface area contributed by atoms with E-state index >= 15 is 0 Å². The zero-order valence-electron chi connectivity index (χ0n) is 32.3. The van der Waals surface area contributed by atoms with Gasteiger partial charge in [-0.1, -0.05) is 123 Å². The van der Waals surface area contributed by atoms with Crippen LogP contribution in [0.5, 0.6) is 23.0 Å². The van der Waals surface area contributed by atoms with Crippen molar-refractivity contribution in [2.45, 2.75) is 27.2 Å². The van der Waals surface area contributed by atoms with E-state index in [1.54, 1.807) is 24.3 Å². The van der Waals surface area contributed by atoms with Crippen LogP contribution in [0, 0.1) is 6.92 Å². The fourth-order valence-electron chi connectivity index (χ4n) is 5.70. The predicted molar refractivity (Wildman–Crippen MR) is 227 cm³/mol. The van der Waals surface area contributed by atoms with Crippen molar-refractivity contribution in [3.8, 4) is 34.1 Å². The van der Waals surface area contributed by atoms with Gasteiger partial charge in [0.2, 0.25) is 0 Å². The lowest BCUT2D eigenvalue weighted by molar-refractivity contribution is 0.103. The molecule has 0 radical (unpaired) electrons. The predicted octanol–water partition coefficient (Wildman–Crippen LogP) is 11.8. The highest BCUT2D eigenvalue weighted by Gasteiger charge is 2.11. The highest BCUT2D eigenvalue weighted by Crippen LogP contribution is 2.29.